The second-order valence-corrected chi connectivity index (χ2v) is 11.2. The molecule has 2 aliphatic rings. The van der Waals surface area contributed by atoms with E-state index in [2.05, 4.69) is 25.2 Å². The quantitative estimate of drug-likeness (QED) is 0.290. The fourth-order valence-electron chi connectivity index (χ4n) is 4.52. The Morgan fingerprint density at radius 2 is 2.04 bits per heavy atom. The molecule has 4 atom stereocenters. The van der Waals surface area contributed by atoms with Gasteiger partial charge in [0.05, 0.1) is 6.10 Å². The topological polar surface area (TPSA) is 74.6 Å². The average molecular weight is 397 g/mol. The van der Waals surface area contributed by atoms with Crippen molar-refractivity contribution in [1.29, 1.82) is 0 Å². The molecule has 0 bridgehead atoms. The van der Waals surface area contributed by atoms with Crippen molar-refractivity contribution >= 4 is 13.2 Å². The molecule has 2 unspecified atom stereocenters. The van der Waals surface area contributed by atoms with Crippen LogP contribution >= 0.6 is 7.37 Å². The Morgan fingerprint density at radius 3 is 2.63 bits per heavy atom. The number of aliphatic hydroxyl groups excluding tert-OH is 1. The van der Waals surface area contributed by atoms with Crippen molar-refractivity contribution < 1.29 is 19.4 Å². The normalized spacial score (nSPS) is 28.5. The molecule has 2 rings (SSSR count). The maximum absolute atomic E-state index is 12.2. The molecule has 0 spiro atoms. The van der Waals surface area contributed by atoms with Crippen LogP contribution in [0.5, 0.6) is 0 Å². The summed E-state index contributed by atoms with van der Waals surface area (Å²) in [6.07, 6.45) is 17.5. The molecule has 2 fully saturated rings. The van der Waals surface area contributed by atoms with E-state index in [9.17, 15) is 19.4 Å². The molecule has 2 aliphatic carbocycles. The summed E-state index contributed by atoms with van der Waals surface area (Å²) < 4.78 is 11.3. The maximum Gasteiger partial charge on any atom is 0.197 e. The monoisotopic (exact) mass is 396 g/mol. The second kappa shape index (κ2) is 10.2. The maximum atomic E-state index is 12.2. The molecule has 0 heterocycles. The molecule has 27 heavy (non-hydrogen) atoms. The molecule has 0 saturated heterocycles. The lowest BCUT2D eigenvalue weighted by molar-refractivity contribution is -0.120. The van der Waals surface area contributed by atoms with E-state index in [-0.39, 0.29) is 23.4 Å². The molecule has 154 valence electrons. The highest BCUT2D eigenvalue weighted by Gasteiger charge is 2.41. The third-order valence-corrected chi connectivity index (χ3v) is 7.80. The predicted molar refractivity (Wildman–Crippen MR) is 111 cm³/mol. The van der Waals surface area contributed by atoms with Gasteiger partial charge in [0.1, 0.15) is 5.78 Å². The van der Waals surface area contributed by atoms with E-state index in [0.29, 0.717) is 31.2 Å². The summed E-state index contributed by atoms with van der Waals surface area (Å²) >= 11 is 0. The molecule has 0 radical (unpaired) electrons. The van der Waals surface area contributed by atoms with E-state index in [1.165, 1.54) is 13.1 Å². The molecular weight excluding hydrogens is 359 g/mol. The van der Waals surface area contributed by atoms with E-state index in [1.54, 1.807) is 0 Å². The van der Waals surface area contributed by atoms with Crippen LogP contribution in [-0.2, 0) is 9.36 Å². The smallest absolute Gasteiger partial charge is 0.197 e. The highest BCUT2D eigenvalue weighted by Crippen LogP contribution is 2.47. The number of carbonyl (C=O) groups is 1. The van der Waals surface area contributed by atoms with Gasteiger partial charge in [-0.2, -0.15) is 0 Å². The Bertz CT molecular complexity index is 580. The summed E-state index contributed by atoms with van der Waals surface area (Å²) in [5.41, 5.74) is 0.134. The van der Waals surface area contributed by atoms with Gasteiger partial charge in [0.2, 0.25) is 0 Å². The van der Waals surface area contributed by atoms with Crippen molar-refractivity contribution in [2.45, 2.75) is 77.2 Å². The van der Waals surface area contributed by atoms with Crippen LogP contribution in [0.15, 0.2) is 24.3 Å². The summed E-state index contributed by atoms with van der Waals surface area (Å²) in [5.74, 6) is 0.669. The van der Waals surface area contributed by atoms with Crippen LogP contribution in [0, 0.1) is 17.3 Å². The van der Waals surface area contributed by atoms with E-state index in [4.69, 9.17) is 0 Å². The number of Topliss-reactive ketones (excluding diaryl/α,β-unsaturated/α-hetero) is 1. The summed E-state index contributed by atoms with van der Waals surface area (Å²) in [7, 11) is -2.91. The molecule has 5 heteroatoms. The minimum absolute atomic E-state index is 0.0496. The van der Waals surface area contributed by atoms with E-state index in [0.717, 1.165) is 38.5 Å². The predicted octanol–water partition coefficient (Wildman–Crippen LogP) is 5.10. The minimum atomic E-state index is -2.91. The zero-order valence-electron chi connectivity index (χ0n) is 17.0. The lowest BCUT2D eigenvalue weighted by atomic mass is 9.63. The van der Waals surface area contributed by atoms with Crippen molar-refractivity contribution in [3.05, 3.63) is 24.3 Å². The fourth-order valence-corrected chi connectivity index (χ4v) is 5.29. The molecule has 0 aromatic carbocycles. The number of carbonyl (C=O) groups excluding carboxylic acids is 1. The minimum Gasteiger partial charge on any atom is -0.392 e. The van der Waals surface area contributed by atoms with Gasteiger partial charge in [-0.1, -0.05) is 37.6 Å². The number of allylic oxidation sites excluding steroid dienone is 3. The van der Waals surface area contributed by atoms with Crippen molar-refractivity contribution in [2.75, 3.05) is 12.8 Å². The van der Waals surface area contributed by atoms with Gasteiger partial charge in [0.25, 0.3) is 0 Å². The number of rotatable bonds is 11. The average Bonchev–Trinajstić information content (AvgIpc) is 2.90. The largest absolute Gasteiger partial charge is 0.392 e. The van der Waals surface area contributed by atoms with E-state index in [1.807, 2.05) is 6.08 Å². The Kier molecular flexibility index (Phi) is 8.52. The first-order valence-electron chi connectivity index (χ1n) is 10.6. The molecule has 0 aromatic rings. The summed E-state index contributed by atoms with van der Waals surface area (Å²) in [4.78, 5) is 21.5. The molecule has 0 aromatic heterocycles. The molecule has 4 nitrogen and oxygen atoms in total. The van der Waals surface area contributed by atoms with Crippen molar-refractivity contribution in [3.8, 4) is 0 Å². The molecule has 0 amide bonds. The Balaban J connectivity index is 1.77. The first kappa shape index (κ1) is 22.6. The van der Waals surface area contributed by atoms with Gasteiger partial charge < -0.3 is 10.00 Å². The number of hydrogen-bond donors (Lipinski definition) is 2. The molecular formula is C22H37O4P. The van der Waals surface area contributed by atoms with E-state index >= 15 is 0 Å². The lowest BCUT2D eigenvalue weighted by Crippen LogP contribution is -2.40. The van der Waals surface area contributed by atoms with Crippen LogP contribution in [0.25, 0.3) is 0 Å². The molecule has 2 N–H and O–H groups in total. The molecule has 2 saturated carbocycles. The van der Waals surface area contributed by atoms with Crippen molar-refractivity contribution in [3.63, 3.8) is 0 Å². The number of hydrogen-bond acceptors (Lipinski definition) is 3. The van der Waals surface area contributed by atoms with Crippen LogP contribution in [-0.4, -0.2) is 34.7 Å². The summed E-state index contributed by atoms with van der Waals surface area (Å²) in [6.45, 7) is 3.57. The SMILES string of the molecule is CCC1(C(O)C/C=C/[C@H]2CCC(=O)[C@@H]2C/C=C\CCCP(C)(=O)O)CCC1. The van der Waals surface area contributed by atoms with Crippen molar-refractivity contribution in [1.82, 2.24) is 0 Å². The Morgan fingerprint density at radius 1 is 1.30 bits per heavy atom. The van der Waals surface area contributed by atoms with Gasteiger partial charge in [-0.15, -0.1) is 0 Å². The molecule has 0 aliphatic heterocycles. The number of unbranched alkanes of at least 4 members (excludes halogenated alkanes) is 1. The highest BCUT2D eigenvalue weighted by atomic mass is 31.2. The van der Waals surface area contributed by atoms with Gasteiger partial charge in [-0.25, -0.2) is 0 Å². The fraction of sp³-hybridized carbons (Fsp3) is 0.773. The zero-order valence-corrected chi connectivity index (χ0v) is 17.9. The van der Waals surface area contributed by atoms with Crippen LogP contribution < -0.4 is 0 Å². The van der Waals surface area contributed by atoms with Gasteiger partial charge in [0, 0.05) is 25.2 Å². The Hall–Kier alpha value is -0.700. The standard InChI is InChI=1S/C22H37O4P/c1-3-22(15-9-16-22)21(24)12-8-10-18-13-14-20(23)19(18)11-6-4-5-7-17-27(2,25)26/h4,6,8,10,18-19,21,24H,3,5,7,9,11-17H2,1-2H3,(H,25,26)/b6-4-,10-8+/t18-,19+,21?/m0/s1. The van der Waals surface area contributed by atoms with Gasteiger partial charge in [-0.05, 0) is 62.7 Å². The number of aliphatic hydroxyl groups is 1. The first-order valence-corrected chi connectivity index (χ1v) is 12.9. The highest BCUT2D eigenvalue weighted by molar-refractivity contribution is 7.57. The van der Waals surface area contributed by atoms with Crippen LogP contribution in [0.2, 0.25) is 0 Å². The Labute approximate surface area is 164 Å². The second-order valence-electron chi connectivity index (χ2n) is 8.65. The summed E-state index contributed by atoms with van der Waals surface area (Å²) in [5, 5.41) is 10.5. The van der Waals surface area contributed by atoms with Crippen LogP contribution in [0.1, 0.15) is 71.1 Å². The first-order chi connectivity index (χ1) is 12.8. The number of ketones is 1. The van der Waals surface area contributed by atoms with Crippen molar-refractivity contribution in [2.24, 2.45) is 17.3 Å². The van der Waals surface area contributed by atoms with Crippen LogP contribution in [0.3, 0.4) is 0 Å². The van der Waals surface area contributed by atoms with Gasteiger partial charge >= 0.3 is 0 Å². The van der Waals surface area contributed by atoms with E-state index < -0.39 is 7.37 Å². The van der Waals surface area contributed by atoms with Crippen LogP contribution in [0.4, 0.5) is 0 Å². The third-order valence-electron chi connectivity index (χ3n) is 6.66. The lowest BCUT2D eigenvalue weighted by Gasteiger charge is -2.45. The summed E-state index contributed by atoms with van der Waals surface area (Å²) in [6, 6.07) is 0. The zero-order chi connectivity index (χ0) is 19.9. The van der Waals surface area contributed by atoms with Gasteiger partial charge in [0.15, 0.2) is 7.37 Å². The third kappa shape index (κ3) is 6.69. The van der Waals surface area contributed by atoms with Gasteiger partial charge in [-0.3, -0.25) is 9.36 Å².